The van der Waals surface area contributed by atoms with Gasteiger partial charge in [-0.3, -0.25) is 0 Å². The van der Waals surface area contributed by atoms with Crippen molar-refractivity contribution in [3.63, 3.8) is 0 Å². The van der Waals surface area contributed by atoms with Crippen molar-refractivity contribution in [1.82, 2.24) is 0 Å². The summed E-state index contributed by atoms with van der Waals surface area (Å²) in [6.07, 6.45) is 3.21. The Balaban J connectivity index is 1.61. The molecule has 4 saturated heterocycles. The van der Waals surface area contributed by atoms with E-state index in [4.69, 9.17) is 0 Å². The van der Waals surface area contributed by atoms with Gasteiger partial charge in [0.05, 0.1) is 0 Å². The van der Waals surface area contributed by atoms with Crippen molar-refractivity contribution in [3.05, 3.63) is 0 Å². The first-order chi connectivity index (χ1) is 10.00. The number of hydrogen-bond donors (Lipinski definition) is 4. The zero-order valence-electron chi connectivity index (χ0n) is 11.4. The molecule has 21 heavy (non-hydrogen) atoms. The van der Waals surface area contributed by atoms with Crippen LogP contribution < -0.4 is 0 Å². The highest BCUT2D eigenvalue weighted by molar-refractivity contribution is 8.04. The molecule has 8 atom stereocenters. The van der Waals surface area contributed by atoms with Gasteiger partial charge in [0.1, 0.15) is 21.7 Å². The molecule has 4 rings (SSSR count). The summed E-state index contributed by atoms with van der Waals surface area (Å²) in [4.78, 5) is 0. The molecule has 0 amide bonds. The maximum Gasteiger partial charge on any atom is 0.101 e. The summed E-state index contributed by atoms with van der Waals surface area (Å²) < 4.78 is 0. The fraction of sp³-hybridized carbons (Fsp3) is 1.00. The minimum Gasteiger partial charge on any atom is -0.382 e. The normalized spacial score (nSPS) is 55.4. The van der Waals surface area contributed by atoms with Crippen LogP contribution >= 0.6 is 47.0 Å². The second kappa shape index (κ2) is 5.65. The fourth-order valence-corrected chi connectivity index (χ4v) is 9.88. The highest BCUT2D eigenvalue weighted by atomic mass is 32.2. The van der Waals surface area contributed by atoms with E-state index in [2.05, 4.69) is 0 Å². The van der Waals surface area contributed by atoms with Crippen LogP contribution in [0.25, 0.3) is 0 Å². The van der Waals surface area contributed by atoms with Gasteiger partial charge in [0, 0.05) is 26.4 Å². The number of hydrogen-bond acceptors (Lipinski definition) is 8. The molecule has 120 valence electrons. The maximum absolute atomic E-state index is 9.75. The van der Waals surface area contributed by atoms with Gasteiger partial charge in [-0.2, -0.15) is 0 Å². The molecule has 4 heterocycles. The van der Waals surface area contributed by atoms with Crippen molar-refractivity contribution in [3.8, 4) is 0 Å². The first-order valence-electron chi connectivity index (χ1n) is 7.34. The number of aliphatic hydroxyl groups excluding tert-OH is 4. The molecule has 0 aromatic carbocycles. The average molecular weight is 369 g/mol. The third-order valence-electron chi connectivity index (χ3n) is 5.18. The van der Waals surface area contributed by atoms with Crippen LogP contribution in [0.3, 0.4) is 0 Å². The molecule has 0 aromatic heterocycles. The molecule has 0 spiro atoms. The van der Waals surface area contributed by atoms with E-state index in [-0.39, 0.29) is 27.2 Å². The summed E-state index contributed by atoms with van der Waals surface area (Å²) in [7, 11) is 0. The lowest BCUT2D eigenvalue weighted by Gasteiger charge is -2.65. The van der Waals surface area contributed by atoms with Gasteiger partial charge in [-0.25, -0.2) is 0 Å². The van der Waals surface area contributed by atoms with Crippen LogP contribution in [-0.4, -0.2) is 63.2 Å². The first-order valence-corrected chi connectivity index (χ1v) is 11.1. The van der Waals surface area contributed by atoms with Crippen LogP contribution in [0.2, 0.25) is 0 Å². The molecule has 8 unspecified atom stereocenters. The smallest absolute Gasteiger partial charge is 0.101 e. The lowest BCUT2D eigenvalue weighted by Crippen LogP contribution is -2.67. The minimum atomic E-state index is -0.269. The summed E-state index contributed by atoms with van der Waals surface area (Å²) in [5, 5.41) is 40.5. The number of thioether (sulfide) groups is 4. The summed E-state index contributed by atoms with van der Waals surface area (Å²) >= 11 is 6.57. The van der Waals surface area contributed by atoms with Crippen molar-refractivity contribution >= 4 is 47.0 Å². The van der Waals surface area contributed by atoms with Gasteiger partial charge < -0.3 is 20.4 Å². The van der Waals surface area contributed by atoms with Gasteiger partial charge in [0.25, 0.3) is 0 Å². The third-order valence-corrected chi connectivity index (χ3v) is 10.9. The van der Waals surface area contributed by atoms with Crippen LogP contribution in [0.1, 0.15) is 25.7 Å². The zero-order chi connectivity index (χ0) is 14.8. The molecule has 0 aromatic rings. The van der Waals surface area contributed by atoms with Crippen molar-refractivity contribution in [2.45, 2.75) is 68.4 Å². The summed E-state index contributed by atoms with van der Waals surface area (Å²) in [6, 6.07) is 0. The van der Waals surface area contributed by atoms with Gasteiger partial charge in [-0.05, 0) is 25.7 Å². The Hall–Kier alpha value is 1.24. The molecular weight excluding hydrogens is 348 g/mol. The summed E-state index contributed by atoms with van der Waals surface area (Å²) in [5.74, 6) is 0. The van der Waals surface area contributed by atoms with Crippen molar-refractivity contribution in [2.24, 2.45) is 5.41 Å². The molecule has 0 aliphatic carbocycles. The lowest BCUT2D eigenvalue weighted by molar-refractivity contribution is 0.0852. The van der Waals surface area contributed by atoms with Gasteiger partial charge in [0.2, 0.25) is 0 Å². The Morgan fingerprint density at radius 2 is 0.714 bits per heavy atom. The van der Waals surface area contributed by atoms with Gasteiger partial charge in [-0.1, -0.05) is 0 Å². The van der Waals surface area contributed by atoms with E-state index in [9.17, 15) is 20.4 Å². The Morgan fingerprint density at radius 1 is 0.524 bits per heavy atom. The van der Waals surface area contributed by atoms with E-state index in [1.165, 1.54) is 0 Å². The van der Waals surface area contributed by atoms with Gasteiger partial charge in [-0.15, -0.1) is 47.0 Å². The Labute approximate surface area is 141 Å². The molecular formula is C13H20O4S4. The van der Waals surface area contributed by atoms with Crippen molar-refractivity contribution < 1.29 is 20.4 Å². The van der Waals surface area contributed by atoms with Crippen LogP contribution in [-0.2, 0) is 0 Å². The first kappa shape index (κ1) is 15.7. The van der Waals surface area contributed by atoms with E-state index in [1.54, 1.807) is 47.0 Å². The highest BCUT2D eigenvalue weighted by Crippen LogP contribution is 2.68. The predicted octanol–water partition coefficient (Wildman–Crippen LogP) is 1.27. The lowest BCUT2D eigenvalue weighted by atomic mass is 9.69. The minimum absolute atomic E-state index is 0.0155. The fourth-order valence-electron chi connectivity index (χ4n) is 3.98. The van der Waals surface area contributed by atoms with E-state index in [0.717, 1.165) is 25.7 Å². The molecule has 0 bridgehead atoms. The van der Waals surface area contributed by atoms with Crippen molar-refractivity contribution in [1.29, 1.82) is 0 Å². The predicted molar refractivity (Wildman–Crippen MR) is 90.4 cm³/mol. The molecule has 0 saturated carbocycles. The SMILES string of the molecule is OC1CC(C(C2CC(O)S2)(C2CC(O)S2)C2CC(O)S2)S1. The Kier molecular flexibility index (Phi) is 4.24. The van der Waals surface area contributed by atoms with Gasteiger partial charge in [0.15, 0.2) is 0 Å². The van der Waals surface area contributed by atoms with Crippen LogP contribution in [0, 0.1) is 5.41 Å². The van der Waals surface area contributed by atoms with Crippen molar-refractivity contribution in [2.75, 3.05) is 0 Å². The molecule has 0 radical (unpaired) electrons. The summed E-state index contributed by atoms with van der Waals surface area (Å²) in [5.41, 5.74) is -1.06. The zero-order valence-corrected chi connectivity index (χ0v) is 14.6. The van der Waals surface area contributed by atoms with Crippen LogP contribution in [0.4, 0.5) is 0 Å². The second-order valence-electron chi connectivity index (χ2n) is 6.26. The maximum atomic E-state index is 9.75. The van der Waals surface area contributed by atoms with Crippen LogP contribution in [0.5, 0.6) is 0 Å². The third kappa shape index (κ3) is 2.40. The largest absolute Gasteiger partial charge is 0.382 e. The molecule has 8 heteroatoms. The number of rotatable bonds is 4. The van der Waals surface area contributed by atoms with E-state index < -0.39 is 0 Å². The Morgan fingerprint density at radius 3 is 0.857 bits per heavy atom. The average Bonchev–Trinajstić information content (AvgIpc) is 2.29. The molecule has 4 N–H and O–H groups in total. The number of aliphatic hydroxyl groups is 4. The quantitative estimate of drug-likeness (QED) is 0.591. The van der Waals surface area contributed by atoms with E-state index in [0.29, 0.717) is 21.0 Å². The second-order valence-corrected chi connectivity index (χ2v) is 11.8. The molecule has 4 aliphatic heterocycles. The molecule has 4 aliphatic rings. The molecule has 4 nitrogen and oxygen atoms in total. The summed E-state index contributed by atoms with van der Waals surface area (Å²) in [6.45, 7) is 0. The highest BCUT2D eigenvalue weighted by Gasteiger charge is 2.66. The Bertz CT molecular complexity index is 323. The monoisotopic (exact) mass is 368 g/mol. The van der Waals surface area contributed by atoms with Crippen LogP contribution in [0.15, 0.2) is 0 Å². The van der Waals surface area contributed by atoms with Gasteiger partial charge >= 0.3 is 0 Å². The topological polar surface area (TPSA) is 80.9 Å². The van der Waals surface area contributed by atoms with E-state index >= 15 is 0 Å². The standard InChI is InChI=1S/C13H20O4S4/c14-9-1-5(18-9)13(6-2-10(15)19-6,7-3-11(16)20-7)8-4-12(17)21-8/h5-12,14-17H,1-4H2. The van der Waals surface area contributed by atoms with E-state index in [1.807, 2.05) is 0 Å². The molecule has 4 fully saturated rings.